The molecule has 1 heteroatoms. The summed E-state index contributed by atoms with van der Waals surface area (Å²) in [5.74, 6) is 0. The molecule has 0 aliphatic carbocycles. The van der Waals surface area contributed by atoms with Crippen LogP contribution in [0.25, 0.3) is 0 Å². The van der Waals surface area contributed by atoms with Crippen LogP contribution in [0.5, 0.6) is 0 Å². The van der Waals surface area contributed by atoms with Crippen LogP contribution in [0.2, 0.25) is 0 Å². The van der Waals surface area contributed by atoms with Crippen molar-refractivity contribution in [3.8, 4) is 0 Å². The average Bonchev–Trinajstić information content (AvgIpc) is 1.89. The Morgan fingerprint density at radius 3 is 2.30 bits per heavy atom. The van der Waals surface area contributed by atoms with Crippen LogP contribution in [0.1, 0.15) is 32.6 Å². The Balaban J connectivity index is 2.32. The second-order valence-corrected chi connectivity index (χ2v) is 3.57. The molecule has 0 unspecified atom stereocenters. The summed E-state index contributed by atoms with van der Waals surface area (Å²) in [5.41, 5.74) is 0. The fourth-order valence-electron chi connectivity index (χ4n) is 1.88. The smallest absolute Gasteiger partial charge is 0.128 e. The highest BCUT2D eigenvalue weighted by atomic mass is 15.3. The predicted molar refractivity (Wildman–Crippen MR) is 44.4 cm³/mol. The van der Waals surface area contributed by atoms with Crippen LogP contribution in [0.3, 0.4) is 0 Å². The Bertz CT molecular complexity index is 87.4. The Labute approximate surface area is 64.6 Å². The Morgan fingerprint density at radius 2 is 1.80 bits per heavy atom. The molecule has 1 radical (unpaired) electrons. The van der Waals surface area contributed by atoms with E-state index in [0.29, 0.717) is 0 Å². The van der Waals surface area contributed by atoms with Crippen molar-refractivity contribution in [1.82, 2.24) is 0 Å². The third-order valence-corrected chi connectivity index (χ3v) is 2.46. The lowest BCUT2D eigenvalue weighted by molar-refractivity contribution is -0.890. The molecule has 1 saturated heterocycles. The van der Waals surface area contributed by atoms with Gasteiger partial charge in [0.25, 0.3) is 0 Å². The molecular formula is C9H19N+. The molecule has 0 amide bonds. The summed E-state index contributed by atoms with van der Waals surface area (Å²) in [6.45, 7) is 6.15. The van der Waals surface area contributed by atoms with Gasteiger partial charge in [0.15, 0.2) is 0 Å². The molecule has 0 N–H and O–H groups in total. The first-order valence-electron chi connectivity index (χ1n) is 4.47. The van der Waals surface area contributed by atoms with Crippen molar-refractivity contribution in [2.75, 3.05) is 19.6 Å². The lowest BCUT2D eigenvalue weighted by atomic mass is 10.1. The van der Waals surface area contributed by atoms with Crippen molar-refractivity contribution in [2.24, 2.45) is 0 Å². The third-order valence-electron chi connectivity index (χ3n) is 2.46. The van der Waals surface area contributed by atoms with Gasteiger partial charge in [-0.05, 0) is 25.7 Å². The van der Waals surface area contributed by atoms with E-state index in [2.05, 4.69) is 14.0 Å². The van der Waals surface area contributed by atoms with E-state index < -0.39 is 0 Å². The predicted octanol–water partition coefficient (Wildman–Crippen LogP) is 2.19. The summed E-state index contributed by atoms with van der Waals surface area (Å²) in [4.78, 5) is 0. The molecule has 0 aromatic rings. The molecule has 0 spiro atoms. The van der Waals surface area contributed by atoms with Crippen LogP contribution in [-0.2, 0) is 0 Å². The van der Waals surface area contributed by atoms with Crippen LogP contribution in [0, 0.1) is 7.05 Å². The minimum absolute atomic E-state index is 1.09. The molecule has 0 saturated carbocycles. The molecule has 0 atom stereocenters. The zero-order chi connectivity index (χ0) is 7.45. The number of quaternary nitrogens is 1. The Hall–Kier alpha value is -0.0400. The van der Waals surface area contributed by atoms with E-state index in [0.717, 1.165) is 4.48 Å². The highest BCUT2D eigenvalue weighted by molar-refractivity contribution is 4.52. The van der Waals surface area contributed by atoms with Crippen molar-refractivity contribution in [3.05, 3.63) is 7.05 Å². The van der Waals surface area contributed by atoms with Gasteiger partial charge in [-0.2, -0.15) is 0 Å². The van der Waals surface area contributed by atoms with Gasteiger partial charge in [-0.25, -0.2) is 0 Å². The highest BCUT2D eigenvalue weighted by Crippen LogP contribution is 2.17. The number of piperidine rings is 1. The first kappa shape index (κ1) is 8.06. The van der Waals surface area contributed by atoms with E-state index in [1.54, 1.807) is 0 Å². The standard InChI is InChI=1S/C9H19N/c1-3-7-10(2)8-5-4-6-9-10/h2-9H2,1H3/q+1. The maximum atomic E-state index is 4.26. The monoisotopic (exact) mass is 141 g/mol. The van der Waals surface area contributed by atoms with Gasteiger partial charge in [-0.15, -0.1) is 0 Å². The zero-order valence-corrected chi connectivity index (χ0v) is 7.10. The van der Waals surface area contributed by atoms with Crippen LogP contribution >= 0.6 is 0 Å². The molecule has 1 aliphatic rings. The van der Waals surface area contributed by atoms with Crippen LogP contribution in [-0.4, -0.2) is 24.1 Å². The summed E-state index contributed by atoms with van der Waals surface area (Å²) in [7, 11) is 4.26. The molecule has 1 nitrogen and oxygen atoms in total. The van der Waals surface area contributed by atoms with Crippen molar-refractivity contribution >= 4 is 0 Å². The third kappa shape index (κ3) is 1.98. The average molecular weight is 141 g/mol. The van der Waals surface area contributed by atoms with Crippen molar-refractivity contribution in [3.63, 3.8) is 0 Å². The topological polar surface area (TPSA) is 0 Å². The maximum Gasteiger partial charge on any atom is 0.128 e. The second-order valence-electron chi connectivity index (χ2n) is 3.57. The fraction of sp³-hybridized carbons (Fsp3) is 0.889. The molecule has 59 valence electrons. The normalized spacial score (nSPS) is 24.6. The maximum absolute atomic E-state index is 4.26. The summed E-state index contributed by atoms with van der Waals surface area (Å²) in [5, 5.41) is 0. The van der Waals surface area contributed by atoms with Gasteiger partial charge in [-0.3, -0.25) is 0 Å². The molecule has 1 fully saturated rings. The molecule has 0 aromatic carbocycles. The number of hydrogen-bond donors (Lipinski definition) is 0. The number of hydrogen-bond acceptors (Lipinski definition) is 0. The molecule has 10 heavy (non-hydrogen) atoms. The Kier molecular flexibility index (Phi) is 2.72. The molecule has 0 aromatic heterocycles. The van der Waals surface area contributed by atoms with E-state index in [1.165, 1.54) is 45.3 Å². The largest absolute Gasteiger partial charge is 0.319 e. The van der Waals surface area contributed by atoms with Crippen molar-refractivity contribution in [2.45, 2.75) is 32.6 Å². The summed E-state index contributed by atoms with van der Waals surface area (Å²) in [6.07, 6.45) is 5.50. The summed E-state index contributed by atoms with van der Waals surface area (Å²) in [6, 6.07) is 0. The number of rotatable bonds is 2. The number of likely N-dealkylation sites (tertiary alicyclic amines) is 1. The second kappa shape index (κ2) is 3.38. The molecular weight excluding hydrogens is 122 g/mol. The van der Waals surface area contributed by atoms with E-state index in [-0.39, 0.29) is 0 Å². The zero-order valence-electron chi connectivity index (χ0n) is 7.10. The molecule has 1 aliphatic heterocycles. The van der Waals surface area contributed by atoms with Gasteiger partial charge in [0, 0.05) is 0 Å². The van der Waals surface area contributed by atoms with Gasteiger partial charge < -0.3 is 4.48 Å². The van der Waals surface area contributed by atoms with Gasteiger partial charge in [0.05, 0.1) is 19.6 Å². The Morgan fingerprint density at radius 1 is 1.20 bits per heavy atom. The van der Waals surface area contributed by atoms with Gasteiger partial charge in [0.1, 0.15) is 7.05 Å². The van der Waals surface area contributed by atoms with E-state index >= 15 is 0 Å². The summed E-state index contributed by atoms with van der Waals surface area (Å²) >= 11 is 0. The van der Waals surface area contributed by atoms with E-state index in [9.17, 15) is 0 Å². The SMILES string of the molecule is [CH2][N+]1(CCC)CCCCC1. The quantitative estimate of drug-likeness (QED) is 0.517. The van der Waals surface area contributed by atoms with Crippen molar-refractivity contribution < 1.29 is 4.48 Å². The first-order chi connectivity index (χ1) is 4.77. The lowest BCUT2D eigenvalue weighted by Crippen LogP contribution is -2.46. The fourth-order valence-corrected chi connectivity index (χ4v) is 1.88. The van der Waals surface area contributed by atoms with Crippen molar-refractivity contribution in [1.29, 1.82) is 0 Å². The van der Waals surface area contributed by atoms with Gasteiger partial charge in [-0.1, -0.05) is 6.92 Å². The van der Waals surface area contributed by atoms with Gasteiger partial charge in [0.2, 0.25) is 0 Å². The van der Waals surface area contributed by atoms with Gasteiger partial charge >= 0.3 is 0 Å². The summed E-state index contributed by atoms with van der Waals surface area (Å²) < 4.78 is 1.09. The molecule has 1 heterocycles. The molecule has 1 rings (SSSR count). The first-order valence-corrected chi connectivity index (χ1v) is 4.47. The van der Waals surface area contributed by atoms with E-state index in [4.69, 9.17) is 0 Å². The van der Waals surface area contributed by atoms with Crippen LogP contribution < -0.4 is 0 Å². The van der Waals surface area contributed by atoms with E-state index in [1.807, 2.05) is 0 Å². The van der Waals surface area contributed by atoms with Crippen LogP contribution in [0.15, 0.2) is 0 Å². The lowest BCUT2D eigenvalue weighted by Gasteiger charge is -2.36. The van der Waals surface area contributed by atoms with Crippen LogP contribution in [0.4, 0.5) is 0 Å². The minimum Gasteiger partial charge on any atom is -0.319 e. The molecule has 0 bridgehead atoms. The highest BCUT2D eigenvalue weighted by Gasteiger charge is 2.23. The number of nitrogens with zero attached hydrogens (tertiary/aromatic N) is 1. The minimum atomic E-state index is 1.09.